The lowest BCUT2D eigenvalue weighted by molar-refractivity contribution is 0.0252. The summed E-state index contributed by atoms with van der Waals surface area (Å²) in [6.07, 6.45) is 2.89. The molecule has 0 saturated carbocycles. The first-order valence-corrected chi connectivity index (χ1v) is 15.5. The number of aliphatic hydroxyl groups excluding tert-OH is 1. The number of benzene rings is 1. The van der Waals surface area contributed by atoms with E-state index in [1.807, 2.05) is 0 Å². The van der Waals surface area contributed by atoms with Gasteiger partial charge in [-0.25, -0.2) is 22.9 Å². The number of amides is 1. The molecule has 1 aromatic heterocycles. The number of halogens is 1. The molecule has 4 bridgehead atoms. The average molecular weight is 648 g/mol. The summed E-state index contributed by atoms with van der Waals surface area (Å²) in [6.45, 7) is 9.60. The number of nitrogens with one attached hydrogen (secondary N) is 2. The van der Waals surface area contributed by atoms with Gasteiger partial charge in [0.15, 0.2) is 11.5 Å². The normalized spacial score (nSPS) is 19.3. The average Bonchev–Trinajstić information content (AvgIpc) is 3.05. The number of nitrogens with zero attached hydrogens (tertiary/aromatic N) is 4. The highest BCUT2D eigenvalue weighted by molar-refractivity contribution is 7.82. The quantitative estimate of drug-likeness (QED) is 0.217. The smallest absolute Gasteiger partial charge is 0.278 e. The second-order valence-electron chi connectivity index (χ2n) is 9.76. The van der Waals surface area contributed by atoms with Gasteiger partial charge in [0.05, 0.1) is 55.5 Å². The Morgan fingerprint density at radius 3 is 2.60 bits per heavy atom. The van der Waals surface area contributed by atoms with E-state index in [4.69, 9.17) is 19.9 Å². The number of nitrogens with two attached hydrogens (primary N) is 1. The van der Waals surface area contributed by atoms with E-state index in [2.05, 4.69) is 33.8 Å². The molecule has 15 heteroatoms. The molecule has 1 atom stereocenters. The summed E-state index contributed by atoms with van der Waals surface area (Å²) in [5.41, 5.74) is 7.79. The SMILES string of the molecule is C=C/C1=C(\C(=C)CNC)OCCOCCOCCN(CCN(CF)CCO)S(=O)c2ccc(cc2)-c2cnc(N)c(n2)C(=O)N1. The third kappa shape index (κ3) is 10.8. The minimum Gasteiger partial charge on any atom is -0.489 e. The van der Waals surface area contributed by atoms with Crippen LogP contribution in [0.15, 0.2) is 71.6 Å². The van der Waals surface area contributed by atoms with Crippen LogP contribution in [0.2, 0.25) is 0 Å². The number of carbonyl (C=O) groups excluding carboxylic acids is 1. The second kappa shape index (κ2) is 19.1. The van der Waals surface area contributed by atoms with Gasteiger partial charge in [-0.2, -0.15) is 0 Å². The molecule has 3 heterocycles. The van der Waals surface area contributed by atoms with Crippen molar-refractivity contribution in [1.29, 1.82) is 0 Å². The minimum absolute atomic E-state index is 0.0712. The van der Waals surface area contributed by atoms with Gasteiger partial charge in [0.1, 0.15) is 30.2 Å². The van der Waals surface area contributed by atoms with Gasteiger partial charge in [-0.1, -0.05) is 25.3 Å². The third-order valence-corrected chi connectivity index (χ3v) is 8.10. The van der Waals surface area contributed by atoms with Crippen molar-refractivity contribution in [3.8, 4) is 11.3 Å². The maximum atomic E-state index is 13.6. The number of carbonyl (C=O) groups is 1. The Morgan fingerprint density at radius 2 is 1.93 bits per heavy atom. The van der Waals surface area contributed by atoms with Crippen LogP contribution in [0.4, 0.5) is 10.2 Å². The topological polar surface area (TPSA) is 164 Å². The molecular formula is C30H42FN7O6S. The predicted octanol–water partition coefficient (Wildman–Crippen LogP) is 1.24. The fourth-order valence-electron chi connectivity index (χ4n) is 4.24. The summed E-state index contributed by atoms with van der Waals surface area (Å²) in [5, 5.41) is 15.0. The number of anilines is 1. The van der Waals surface area contributed by atoms with Crippen LogP contribution in [-0.2, 0) is 25.2 Å². The van der Waals surface area contributed by atoms with Crippen molar-refractivity contribution in [3.05, 3.63) is 72.4 Å². The summed E-state index contributed by atoms with van der Waals surface area (Å²) >= 11 is 0. The molecule has 1 unspecified atom stereocenters. The Morgan fingerprint density at radius 1 is 1.22 bits per heavy atom. The molecular weight excluding hydrogens is 605 g/mol. The van der Waals surface area contributed by atoms with Gasteiger partial charge in [0, 0.05) is 43.9 Å². The molecule has 2 aliphatic heterocycles. The molecule has 0 fully saturated rings. The highest BCUT2D eigenvalue weighted by atomic mass is 32.2. The van der Waals surface area contributed by atoms with Gasteiger partial charge < -0.3 is 35.7 Å². The third-order valence-electron chi connectivity index (χ3n) is 6.59. The molecule has 1 amide bonds. The summed E-state index contributed by atoms with van der Waals surface area (Å²) in [6, 6.07) is 6.81. The van der Waals surface area contributed by atoms with Gasteiger partial charge in [-0.05, 0) is 25.3 Å². The zero-order valence-corrected chi connectivity index (χ0v) is 26.3. The van der Waals surface area contributed by atoms with Gasteiger partial charge in [0.2, 0.25) is 0 Å². The number of ether oxygens (including phenoxy) is 3. The molecule has 0 aliphatic carbocycles. The predicted molar refractivity (Wildman–Crippen MR) is 170 cm³/mol. The molecule has 2 aliphatic rings. The van der Waals surface area contributed by atoms with Crippen LogP contribution in [0, 0.1) is 0 Å². The maximum Gasteiger partial charge on any atom is 0.278 e. The van der Waals surface area contributed by atoms with Crippen LogP contribution in [0.1, 0.15) is 10.5 Å². The molecule has 13 nitrogen and oxygen atoms in total. The first kappa shape index (κ1) is 35.9. The molecule has 2 aromatic rings. The van der Waals surface area contributed by atoms with Crippen molar-refractivity contribution in [1.82, 2.24) is 29.8 Å². The molecule has 0 spiro atoms. The molecule has 45 heavy (non-hydrogen) atoms. The van der Waals surface area contributed by atoms with Gasteiger partial charge in [-0.15, -0.1) is 0 Å². The Labute approximate surface area is 265 Å². The largest absolute Gasteiger partial charge is 0.489 e. The van der Waals surface area contributed by atoms with E-state index in [0.717, 1.165) is 0 Å². The van der Waals surface area contributed by atoms with Crippen molar-refractivity contribution in [2.24, 2.45) is 0 Å². The van der Waals surface area contributed by atoms with E-state index < -0.39 is 23.7 Å². The van der Waals surface area contributed by atoms with Crippen molar-refractivity contribution in [3.63, 3.8) is 0 Å². The van der Waals surface area contributed by atoms with Gasteiger partial charge >= 0.3 is 0 Å². The van der Waals surface area contributed by atoms with E-state index in [1.54, 1.807) is 35.6 Å². The maximum absolute atomic E-state index is 13.6. The number of aliphatic hydroxyl groups is 1. The van der Waals surface area contributed by atoms with Crippen LogP contribution < -0.4 is 16.4 Å². The van der Waals surface area contributed by atoms with Crippen LogP contribution in [0.5, 0.6) is 0 Å². The molecule has 0 radical (unpaired) electrons. The number of allylic oxidation sites excluding steroid dienone is 1. The highest BCUT2D eigenvalue weighted by Gasteiger charge is 2.20. The van der Waals surface area contributed by atoms with E-state index in [9.17, 15) is 18.5 Å². The van der Waals surface area contributed by atoms with Crippen LogP contribution in [-0.4, -0.2) is 121 Å². The second-order valence-corrected chi connectivity index (χ2v) is 11.2. The van der Waals surface area contributed by atoms with Crippen LogP contribution >= 0.6 is 0 Å². The van der Waals surface area contributed by atoms with Crippen LogP contribution in [0.25, 0.3) is 11.3 Å². The number of hydrogen-bond acceptors (Lipinski definition) is 11. The van der Waals surface area contributed by atoms with Crippen molar-refractivity contribution >= 4 is 22.7 Å². The fourth-order valence-corrected chi connectivity index (χ4v) is 5.39. The van der Waals surface area contributed by atoms with Gasteiger partial charge in [0.25, 0.3) is 5.91 Å². The van der Waals surface area contributed by atoms with Crippen molar-refractivity contribution in [2.75, 3.05) is 91.9 Å². The lowest BCUT2D eigenvalue weighted by Crippen LogP contribution is -2.38. The highest BCUT2D eigenvalue weighted by Crippen LogP contribution is 2.22. The van der Waals surface area contributed by atoms with E-state index in [0.29, 0.717) is 47.2 Å². The molecule has 0 saturated heterocycles. The standard InChI is InChI=1S/C30H42FN7O6S/c1-4-25-28(22(2)19-33-3)44-18-17-43-16-15-42-14-12-38(10-9-37(21-31)11-13-39)45(41)24-7-5-23(6-8-24)26-20-34-29(32)27(35-26)30(40)36-25/h4-8,20,33,39H,1-2,9-19,21H2,3H3,(H2,32,34)(H,36,40)/b28-25-. The number of nitrogen functional groups attached to an aromatic ring is 1. The Kier molecular flexibility index (Phi) is 15.2. The monoisotopic (exact) mass is 647 g/mol. The summed E-state index contributed by atoms with van der Waals surface area (Å²) in [7, 11) is 0.167. The summed E-state index contributed by atoms with van der Waals surface area (Å²) in [5.74, 6) is -0.368. The lowest BCUT2D eigenvalue weighted by atomic mass is 10.1. The first-order chi connectivity index (χ1) is 21.8. The number of fused-ring (bicyclic) bond motifs is 15. The van der Waals surface area contributed by atoms with E-state index >= 15 is 0 Å². The number of alkyl halides is 1. The Bertz CT molecular complexity index is 1340. The van der Waals surface area contributed by atoms with E-state index in [1.165, 1.54) is 17.2 Å². The molecule has 5 N–H and O–H groups in total. The summed E-state index contributed by atoms with van der Waals surface area (Å²) < 4.78 is 45.9. The zero-order chi connectivity index (χ0) is 32.6. The lowest BCUT2D eigenvalue weighted by Gasteiger charge is -2.25. The fraction of sp³-hybridized carbons (Fsp3) is 0.433. The summed E-state index contributed by atoms with van der Waals surface area (Å²) in [4.78, 5) is 23.9. The zero-order valence-electron chi connectivity index (χ0n) is 25.5. The molecule has 4 rings (SSSR count). The molecule has 246 valence electrons. The number of hydrogen-bond donors (Lipinski definition) is 4. The van der Waals surface area contributed by atoms with Crippen molar-refractivity contribution < 1.29 is 32.7 Å². The van der Waals surface area contributed by atoms with Crippen molar-refractivity contribution in [2.45, 2.75) is 4.90 Å². The number of rotatable bonds is 10. The van der Waals surface area contributed by atoms with Gasteiger partial charge in [-0.3, -0.25) is 9.69 Å². The van der Waals surface area contributed by atoms with E-state index in [-0.39, 0.29) is 69.9 Å². The van der Waals surface area contributed by atoms with Crippen LogP contribution in [0.3, 0.4) is 0 Å². The number of aromatic nitrogens is 2. The number of likely N-dealkylation sites (N-methyl/N-ethyl adjacent to an activating group) is 1. The Balaban J connectivity index is 1.93. The minimum atomic E-state index is -1.60. The first-order valence-electron chi connectivity index (χ1n) is 14.4. The Hall–Kier alpha value is -3.57. The molecule has 1 aromatic carbocycles.